The van der Waals surface area contributed by atoms with Crippen molar-refractivity contribution in [3.63, 3.8) is 0 Å². The van der Waals surface area contributed by atoms with Gasteiger partial charge in [-0.3, -0.25) is 0 Å². The zero-order chi connectivity index (χ0) is 13.5. The van der Waals surface area contributed by atoms with Crippen LogP contribution in [0.1, 0.15) is 37.9 Å². The first kappa shape index (κ1) is 12.5. The fourth-order valence-electron chi connectivity index (χ4n) is 2.30. The summed E-state index contributed by atoms with van der Waals surface area (Å²) in [7, 11) is 1.63. The van der Waals surface area contributed by atoms with Gasteiger partial charge in [0.2, 0.25) is 0 Å². The highest BCUT2D eigenvalue weighted by Gasteiger charge is 2.63. The van der Waals surface area contributed by atoms with E-state index in [1.807, 2.05) is 31.2 Å². The minimum absolute atomic E-state index is 0.122. The van der Waals surface area contributed by atoms with Gasteiger partial charge in [-0.05, 0) is 37.0 Å². The molecule has 2 fully saturated rings. The van der Waals surface area contributed by atoms with Crippen molar-refractivity contribution >= 4 is 5.97 Å². The molecule has 0 spiro atoms. The average molecular weight is 262 g/mol. The van der Waals surface area contributed by atoms with Gasteiger partial charge in [0.15, 0.2) is 5.60 Å². The highest BCUT2D eigenvalue weighted by molar-refractivity contribution is 5.84. The van der Waals surface area contributed by atoms with Crippen LogP contribution in [0.3, 0.4) is 0 Å². The lowest BCUT2D eigenvalue weighted by atomic mass is 9.97. The van der Waals surface area contributed by atoms with Gasteiger partial charge in [0, 0.05) is 0 Å². The van der Waals surface area contributed by atoms with Gasteiger partial charge in [-0.1, -0.05) is 19.1 Å². The molecule has 0 amide bonds. The van der Waals surface area contributed by atoms with Gasteiger partial charge in [-0.25, -0.2) is 4.79 Å². The molecule has 1 aliphatic heterocycles. The number of carbonyl (C=O) groups is 1. The molecule has 0 radical (unpaired) electrons. The van der Waals surface area contributed by atoms with Crippen LogP contribution in [0.4, 0.5) is 0 Å². The Balaban J connectivity index is 1.73. The van der Waals surface area contributed by atoms with Crippen molar-refractivity contribution in [1.29, 1.82) is 0 Å². The minimum atomic E-state index is -0.767. The number of hydrogen-bond donors (Lipinski definition) is 0. The molecule has 0 bridgehead atoms. The van der Waals surface area contributed by atoms with Crippen LogP contribution in [0.2, 0.25) is 0 Å². The van der Waals surface area contributed by atoms with E-state index in [-0.39, 0.29) is 18.2 Å². The third kappa shape index (κ3) is 2.21. The Kier molecular flexibility index (Phi) is 2.97. The van der Waals surface area contributed by atoms with E-state index in [4.69, 9.17) is 14.2 Å². The second kappa shape index (κ2) is 4.53. The summed E-state index contributed by atoms with van der Waals surface area (Å²) in [5, 5.41) is 0. The summed E-state index contributed by atoms with van der Waals surface area (Å²) in [5.41, 5.74) is 0.229. The molecule has 1 aromatic carbocycles. The molecular formula is C15H18O4. The SMILES string of the molecule is CCC1(C(=O)OC2CC2)OC1c1ccc(OC)cc1. The fraction of sp³-hybridized carbons (Fsp3) is 0.533. The predicted molar refractivity (Wildman–Crippen MR) is 69.0 cm³/mol. The molecule has 4 heteroatoms. The highest BCUT2D eigenvalue weighted by Crippen LogP contribution is 2.53. The zero-order valence-corrected chi connectivity index (χ0v) is 11.2. The summed E-state index contributed by atoms with van der Waals surface area (Å²) in [6, 6.07) is 7.63. The Morgan fingerprint density at radius 1 is 1.37 bits per heavy atom. The van der Waals surface area contributed by atoms with Crippen LogP contribution in [-0.4, -0.2) is 24.8 Å². The van der Waals surface area contributed by atoms with E-state index < -0.39 is 5.60 Å². The van der Waals surface area contributed by atoms with Gasteiger partial charge in [-0.15, -0.1) is 0 Å². The van der Waals surface area contributed by atoms with Gasteiger partial charge in [0.1, 0.15) is 18.0 Å². The second-order valence-electron chi connectivity index (χ2n) is 5.12. The predicted octanol–water partition coefficient (Wildman–Crippen LogP) is 2.62. The summed E-state index contributed by atoms with van der Waals surface area (Å²) in [6.07, 6.45) is 2.54. The third-order valence-electron chi connectivity index (χ3n) is 3.78. The molecule has 4 nitrogen and oxygen atoms in total. The number of epoxide rings is 1. The minimum Gasteiger partial charge on any atom is -0.497 e. The van der Waals surface area contributed by atoms with Crippen molar-refractivity contribution in [2.75, 3.05) is 7.11 Å². The Bertz CT molecular complexity index is 477. The van der Waals surface area contributed by atoms with Gasteiger partial charge < -0.3 is 14.2 Å². The first-order chi connectivity index (χ1) is 9.19. The summed E-state index contributed by atoms with van der Waals surface area (Å²) in [6.45, 7) is 1.96. The molecule has 3 rings (SSSR count). The first-order valence-electron chi connectivity index (χ1n) is 6.72. The smallest absolute Gasteiger partial charge is 0.341 e. The van der Waals surface area contributed by atoms with E-state index in [0.29, 0.717) is 6.42 Å². The van der Waals surface area contributed by atoms with Crippen LogP contribution in [0.5, 0.6) is 5.75 Å². The second-order valence-corrected chi connectivity index (χ2v) is 5.12. The number of hydrogen-bond acceptors (Lipinski definition) is 4. The number of esters is 1. The van der Waals surface area contributed by atoms with Crippen molar-refractivity contribution in [1.82, 2.24) is 0 Å². The topological polar surface area (TPSA) is 48.1 Å². The van der Waals surface area contributed by atoms with E-state index in [9.17, 15) is 4.79 Å². The maximum atomic E-state index is 12.1. The molecule has 0 N–H and O–H groups in total. The molecule has 102 valence electrons. The van der Waals surface area contributed by atoms with Crippen LogP contribution < -0.4 is 4.74 Å². The summed E-state index contributed by atoms with van der Waals surface area (Å²) >= 11 is 0. The molecule has 2 atom stereocenters. The molecular weight excluding hydrogens is 244 g/mol. The molecule has 2 aliphatic rings. The van der Waals surface area contributed by atoms with E-state index in [0.717, 1.165) is 24.2 Å². The van der Waals surface area contributed by atoms with Gasteiger partial charge in [0.25, 0.3) is 0 Å². The third-order valence-corrected chi connectivity index (χ3v) is 3.78. The van der Waals surface area contributed by atoms with Crippen LogP contribution in [0, 0.1) is 0 Å². The molecule has 1 saturated carbocycles. The number of methoxy groups -OCH3 is 1. The molecule has 1 aromatic rings. The lowest BCUT2D eigenvalue weighted by Crippen LogP contribution is -2.27. The van der Waals surface area contributed by atoms with Crippen LogP contribution >= 0.6 is 0 Å². The number of carbonyl (C=O) groups excluding carboxylic acids is 1. The van der Waals surface area contributed by atoms with E-state index in [1.165, 1.54) is 0 Å². The normalized spacial score (nSPS) is 28.8. The molecule has 1 saturated heterocycles. The quantitative estimate of drug-likeness (QED) is 0.604. The van der Waals surface area contributed by atoms with Crippen LogP contribution in [0.25, 0.3) is 0 Å². The van der Waals surface area contributed by atoms with Crippen LogP contribution in [-0.2, 0) is 14.3 Å². The van der Waals surface area contributed by atoms with Crippen molar-refractivity contribution in [3.8, 4) is 5.75 Å². The van der Waals surface area contributed by atoms with Gasteiger partial charge in [-0.2, -0.15) is 0 Å². The van der Waals surface area contributed by atoms with Crippen molar-refractivity contribution in [3.05, 3.63) is 29.8 Å². The Morgan fingerprint density at radius 3 is 2.58 bits per heavy atom. The fourth-order valence-corrected chi connectivity index (χ4v) is 2.30. The van der Waals surface area contributed by atoms with Gasteiger partial charge >= 0.3 is 5.97 Å². The van der Waals surface area contributed by atoms with Crippen molar-refractivity contribution < 1.29 is 19.0 Å². The summed E-state index contributed by atoms with van der Waals surface area (Å²) in [5.74, 6) is 0.588. The number of ether oxygens (including phenoxy) is 3. The van der Waals surface area contributed by atoms with Crippen LogP contribution in [0.15, 0.2) is 24.3 Å². The van der Waals surface area contributed by atoms with Crippen molar-refractivity contribution in [2.45, 2.75) is 44.0 Å². The standard InChI is InChI=1S/C15H18O4/c1-3-15(14(16)18-12-8-9-12)13(19-15)10-4-6-11(17-2)7-5-10/h4-7,12-13H,3,8-9H2,1-2H3. The zero-order valence-electron chi connectivity index (χ0n) is 11.2. The Hall–Kier alpha value is -1.55. The molecule has 1 heterocycles. The highest BCUT2D eigenvalue weighted by atomic mass is 16.7. The van der Waals surface area contributed by atoms with Crippen molar-refractivity contribution in [2.24, 2.45) is 0 Å². The van der Waals surface area contributed by atoms with E-state index in [1.54, 1.807) is 7.11 Å². The largest absolute Gasteiger partial charge is 0.497 e. The summed E-state index contributed by atoms with van der Waals surface area (Å²) < 4.78 is 16.2. The number of benzene rings is 1. The Morgan fingerprint density at radius 2 is 2.05 bits per heavy atom. The first-order valence-corrected chi connectivity index (χ1v) is 6.72. The Labute approximate surface area is 112 Å². The monoisotopic (exact) mass is 262 g/mol. The molecule has 0 aromatic heterocycles. The number of rotatable bonds is 5. The molecule has 19 heavy (non-hydrogen) atoms. The lowest BCUT2D eigenvalue weighted by molar-refractivity contribution is -0.151. The lowest BCUT2D eigenvalue weighted by Gasteiger charge is -2.10. The van der Waals surface area contributed by atoms with E-state index >= 15 is 0 Å². The van der Waals surface area contributed by atoms with Gasteiger partial charge in [0.05, 0.1) is 7.11 Å². The maximum absolute atomic E-state index is 12.1. The average Bonchev–Trinajstić information content (AvgIpc) is 3.33. The maximum Gasteiger partial charge on any atom is 0.341 e. The van der Waals surface area contributed by atoms with E-state index in [2.05, 4.69) is 0 Å². The molecule has 1 aliphatic carbocycles. The summed E-state index contributed by atoms with van der Waals surface area (Å²) in [4.78, 5) is 12.1. The molecule has 2 unspecified atom stereocenters.